The van der Waals surface area contributed by atoms with E-state index in [4.69, 9.17) is 9.47 Å². The van der Waals surface area contributed by atoms with E-state index in [0.29, 0.717) is 6.61 Å². The average molecular weight is 253 g/mol. The molecule has 0 aliphatic heterocycles. The van der Waals surface area contributed by atoms with Crippen LogP contribution in [0.1, 0.15) is 6.92 Å². The Hall–Kier alpha value is -1.75. The lowest BCUT2D eigenvalue weighted by Crippen LogP contribution is -2.37. The predicted octanol–water partition coefficient (Wildman–Crippen LogP) is 1.84. The molecule has 18 heavy (non-hydrogen) atoms. The molecule has 100 valence electrons. The Morgan fingerprint density at radius 2 is 1.94 bits per heavy atom. The largest absolute Gasteiger partial charge is 0.497 e. The van der Waals surface area contributed by atoms with Gasteiger partial charge in [0.2, 0.25) is 0 Å². The van der Waals surface area contributed by atoms with Crippen molar-refractivity contribution in [2.24, 2.45) is 5.92 Å². The van der Waals surface area contributed by atoms with E-state index in [1.54, 1.807) is 38.5 Å². The number of ether oxygens (including phenoxy) is 2. The minimum Gasteiger partial charge on any atom is -0.497 e. The number of hydrogen-bond donors (Lipinski definition) is 2. The van der Waals surface area contributed by atoms with Crippen LogP contribution in [0, 0.1) is 5.92 Å². The van der Waals surface area contributed by atoms with E-state index in [2.05, 4.69) is 5.32 Å². The van der Waals surface area contributed by atoms with Crippen molar-refractivity contribution >= 4 is 11.7 Å². The summed E-state index contributed by atoms with van der Waals surface area (Å²) in [5.41, 5.74) is 0.742. The summed E-state index contributed by atoms with van der Waals surface area (Å²) in [4.78, 5) is 11.2. The summed E-state index contributed by atoms with van der Waals surface area (Å²) < 4.78 is 10.0. The normalized spacial score (nSPS) is 13.7. The third-order valence-electron chi connectivity index (χ3n) is 2.68. The van der Waals surface area contributed by atoms with E-state index in [0.717, 1.165) is 11.4 Å². The summed E-state index contributed by atoms with van der Waals surface area (Å²) in [6, 6.07) is 6.45. The Morgan fingerprint density at radius 1 is 1.33 bits per heavy atom. The zero-order chi connectivity index (χ0) is 13.5. The minimum absolute atomic E-state index is 0.130. The SMILES string of the molecule is COCC(C)C(Nc1ccc(OC)cc1)C(=O)O. The number of methoxy groups -OCH3 is 2. The molecule has 0 aromatic heterocycles. The number of carboxylic acids is 1. The van der Waals surface area contributed by atoms with E-state index in [1.165, 1.54) is 0 Å². The lowest BCUT2D eigenvalue weighted by atomic mass is 10.0. The molecule has 5 heteroatoms. The van der Waals surface area contributed by atoms with Gasteiger partial charge < -0.3 is 19.9 Å². The summed E-state index contributed by atoms with van der Waals surface area (Å²) in [5, 5.41) is 12.2. The fourth-order valence-electron chi connectivity index (χ4n) is 1.67. The maximum absolute atomic E-state index is 11.2. The average Bonchev–Trinajstić information content (AvgIpc) is 2.36. The highest BCUT2D eigenvalue weighted by Crippen LogP contribution is 2.18. The van der Waals surface area contributed by atoms with Gasteiger partial charge in [-0.2, -0.15) is 0 Å². The number of carboxylic acid groups (broad SMARTS) is 1. The third kappa shape index (κ3) is 3.92. The second-order valence-corrected chi connectivity index (χ2v) is 4.12. The molecule has 0 spiro atoms. The lowest BCUT2D eigenvalue weighted by molar-refractivity contribution is -0.139. The van der Waals surface area contributed by atoms with Crippen LogP contribution in [0.3, 0.4) is 0 Å². The lowest BCUT2D eigenvalue weighted by Gasteiger charge is -2.21. The number of rotatable bonds is 7. The smallest absolute Gasteiger partial charge is 0.326 e. The van der Waals surface area contributed by atoms with Gasteiger partial charge in [0.05, 0.1) is 13.7 Å². The molecule has 0 fully saturated rings. The van der Waals surface area contributed by atoms with Gasteiger partial charge in [-0.1, -0.05) is 6.92 Å². The van der Waals surface area contributed by atoms with Crippen LogP contribution in [-0.2, 0) is 9.53 Å². The Morgan fingerprint density at radius 3 is 2.39 bits per heavy atom. The van der Waals surface area contributed by atoms with Gasteiger partial charge in [0.15, 0.2) is 0 Å². The molecule has 2 N–H and O–H groups in total. The Kier molecular flexibility index (Phi) is 5.45. The minimum atomic E-state index is -0.893. The summed E-state index contributed by atoms with van der Waals surface area (Å²) in [6.07, 6.45) is 0. The van der Waals surface area contributed by atoms with Crippen LogP contribution in [0.15, 0.2) is 24.3 Å². The molecule has 0 radical (unpaired) electrons. The molecule has 0 amide bonds. The van der Waals surface area contributed by atoms with Gasteiger partial charge in [-0.15, -0.1) is 0 Å². The van der Waals surface area contributed by atoms with Gasteiger partial charge in [0.25, 0.3) is 0 Å². The first-order valence-electron chi connectivity index (χ1n) is 5.70. The first kappa shape index (κ1) is 14.3. The highest BCUT2D eigenvalue weighted by Gasteiger charge is 2.24. The molecule has 2 unspecified atom stereocenters. The van der Waals surface area contributed by atoms with Crippen molar-refractivity contribution in [2.45, 2.75) is 13.0 Å². The van der Waals surface area contributed by atoms with Crippen LogP contribution < -0.4 is 10.1 Å². The van der Waals surface area contributed by atoms with Gasteiger partial charge >= 0.3 is 5.97 Å². The molecule has 0 saturated heterocycles. The highest BCUT2D eigenvalue weighted by atomic mass is 16.5. The molecular weight excluding hydrogens is 234 g/mol. The molecule has 2 atom stereocenters. The molecule has 1 aromatic carbocycles. The fourth-order valence-corrected chi connectivity index (χ4v) is 1.67. The van der Waals surface area contributed by atoms with E-state index >= 15 is 0 Å². The van der Waals surface area contributed by atoms with Crippen LogP contribution in [0.25, 0.3) is 0 Å². The summed E-state index contributed by atoms with van der Waals surface area (Å²) >= 11 is 0. The zero-order valence-electron chi connectivity index (χ0n) is 10.8. The van der Waals surface area contributed by atoms with E-state index < -0.39 is 12.0 Å². The van der Waals surface area contributed by atoms with Crippen molar-refractivity contribution in [3.05, 3.63) is 24.3 Å². The number of nitrogens with one attached hydrogen (secondary N) is 1. The molecule has 0 aliphatic rings. The molecule has 1 rings (SSSR count). The molecule has 0 heterocycles. The van der Waals surface area contributed by atoms with Crippen molar-refractivity contribution in [1.29, 1.82) is 0 Å². The number of anilines is 1. The van der Waals surface area contributed by atoms with Crippen LogP contribution in [0.5, 0.6) is 5.75 Å². The summed E-state index contributed by atoms with van der Waals surface area (Å²) in [7, 11) is 3.14. The number of hydrogen-bond acceptors (Lipinski definition) is 4. The standard InChI is InChI=1S/C13H19NO4/c1-9(8-17-2)12(13(15)16)14-10-4-6-11(18-3)7-5-10/h4-7,9,12,14H,8H2,1-3H3,(H,15,16). The van der Waals surface area contributed by atoms with Gasteiger partial charge in [0, 0.05) is 18.7 Å². The zero-order valence-corrected chi connectivity index (χ0v) is 10.8. The molecule has 0 bridgehead atoms. The first-order valence-corrected chi connectivity index (χ1v) is 5.70. The maximum Gasteiger partial charge on any atom is 0.326 e. The number of aliphatic carboxylic acids is 1. The molecule has 1 aromatic rings. The van der Waals surface area contributed by atoms with Crippen LogP contribution in [0.2, 0.25) is 0 Å². The quantitative estimate of drug-likeness (QED) is 0.776. The Balaban J connectivity index is 2.73. The number of carbonyl (C=O) groups is 1. The van der Waals surface area contributed by atoms with Crippen molar-refractivity contribution in [2.75, 3.05) is 26.1 Å². The predicted molar refractivity (Wildman–Crippen MR) is 69.1 cm³/mol. The van der Waals surface area contributed by atoms with E-state index in [1.807, 2.05) is 6.92 Å². The van der Waals surface area contributed by atoms with Crippen molar-refractivity contribution in [3.8, 4) is 5.75 Å². The van der Waals surface area contributed by atoms with E-state index in [-0.39, 0.29) is 5.92 Å². The summed E-state index contributed by atoms with van der Waals surface area (Å²) in [6.45, 7) is 2.22. The van der Waals surface area contributed by atoms with Crippen molar-refractivity contribution < 1.29 is 19.4 Å². The summed E-state index contributed by atoms with van der Waals surface area (Å²) in [5.74, 6) is -0.290. The molecular formula is C13H19NO4. The monoisotopic (exact) mass is 253 g/mol. The molecule has 0 saturated carbocycles. The Bertz CT molecular complexity index is 377. The van der Waals surface area contributed by atoms with Crippen LogP contribution in [-0.4, -0.2) is 37.9 Å². The van der Waals surface area contributed by atoms with Crippen LogP contribution >= 0.6 is 0 Å². The van der Waals surface area contributed by atoms with Crippen molar-refractivity contribution in [3.63, 3.8) is 0 Å². The fraction of sp³-hybridized carbons (Fsp3) is 0.462. The van der Waals surface area contributed by atoms with E-state index in [9.17, 15) is 9.90 Å². The van der Waals surface area contributed by atoms with Gasteiger partial charge in [-0.25, -0.2) is 4.79 Å². The maximum atomic E-state index is 11.2. The topological polar surface area (TPSA) is 67.8 Å². The molecule has 5 nitrogen and oxygen atoms in total. The van der Waals surface area contributed by atoms with Gasteiger partial charge in [-0.05, 0) is 24.3 Å². The Labute approximate surface area is 107 Å². The highest BCUT2D eigenvalue weighted by molar-refractivity contribution is 5.77. The first-order chi connectivity index (χ1) is 8.58. The number of benzene rings is 1. The second kappa shape index (κ2) is 6.86. The third-order valence-corrected chi connectivity index (χ3v) is 2.68. The second-order valence-electron chi connectivity index (χ2n) is 4.12. The van der Waals surface area contributed by atoms with Gasteiger partial charge in [-0.3, -0.25) is 0 Å². The van der Waals surface area contributed by atoms with Crippen LogP contribution in [0.4, 0.5) is 5.69 Å². The van der Waals surface area contributed by atoms with Gasteiger partial charge in [0.1, 0.15) is 11.8 Å². The molecule has 0 aliphatic carbocycles. The van der Waals surface area contributed by atoms with Crippen molar-refractivity contribution in [1.82, 2.24) is 0 Å².